The van der Waals surface area contributed by atoms with Gasteiger partial charge in [-0.3, -0.25) is 4.79 Å². The third kappa shape index (κ3) is 3.67. The number of rotatable bonds is 8. The number of benzene rings is 1. The molecule has 5 heteroatoms. The van der Waals surface area contributed by atoms with E-state index in [4.69, 9.17) is 15.2 Å². The van der Waals surface area contributed by atoms with Crippen molar-refractivity contribution in [2.75, 3.05) is 20.8 Å². The maximum absolute atomic E-state index is 12.7. The number of ether oxygens (including phenoxy) is 2. The second-order valence-electron chi connectivity index (χ2n) is 6.21. The zero-order chi connectivity index (χ0) is 17.0. The zero-order valence-corrected chi connectivity index (χ0v) is 14.1. The molecule has 2 rings (SSSR count). The van der Waals surface area contributed by atoms with E-state index in [0.29, 0.717) is 35.9 Å². The number of hydrogen-bond acceptors (Lipinski definition) is 4. The van der Waals surface area contributed by atoms with Gasteiger partial charge in [0.15, 0.2) is 11.5 Å². The lowest BCUT2D eigenvalue weighted by Crippen LogP contribution is -2.53. The third-order valence-corrected chi connectivity index (χ3v) is 4.48. The average molecular weight is 318 g/mol. The Morgan fingerprint density at radius 1 is 1.43 bits per heavy atom. The summed E-state index contributed by atoms with van der Waals surface area (Å²) >= 11 is 0. The summed E-state index contributed by atoms with van der Waals surface area (Å²) < 4.78 is 10.8. The van der Waals surface area contributed by atoms with Crippen molar-refractivity contribution < 1.29 is 14.3 Å². The highest BCUT2D eigenvalue weighted by molar-refractivity contribution is 5.95. The van der Waals surface area contributed by atoms with Crippen LogP contribution in [0.2, 0.25) is 0 Å². The van der Waals surface area contributed by atoms with E-state index in [1.165, 1.54) is 0 Å². The van der Waals surface area contributed by atoms with Gasteiger partial charge in [-0.1, -0.05) is 6.08 Å². The van der Waals surface area contributed by atoms with Gasteiger partial charge in [0, 0.05) is 17.7 Å². The van der Waals surface area contributed by atoms with Crippen molar-refractivity contribution in [1.82, 2.24) is 5.32 Å². The number of carbonyl (C=O) groups is 1. The molecule has 1 saturated carbocycles. The molecule has 5 nitrogen and oxygen atoms in total. The second kappa shape index (κ2) is 7.04. The molecule has 1 aromatic carbocycles. The molecule has 1 amide bonds. The molecule has 0 radical (unpaired) electrons. The molecule has 23 heavy (non-hydrogen) atoms. The number of methoxy groups -OCH3 is 2. The van der Waals surface area contributed by atoms with Gasteiger partial charge in [-0.15, -0.1) is 6.58 Å². The number of carbonyl (C=O) groups excluding carboxylic acids is 1. The summed E-state index contributed by atoms with van der Waals surface area (Å²) in [7, 11) is 3.15. The van der Waals surface area contributed by atoms with Crippen molar-refractivity contribution in [1.29, 1.82) is 0 Å². The Morgan fingerprint density at radius 3 is 2.61 bits per heavy atom. The van der Waals surface area contributed by atoms with Gasteiger partial charge >= 0.3 is 0 Å². The molecule has 1 fully saturated rings. The van der Waals surface area contributed by atoms with Crippen molar-refractivity contribution in [3.8, 4) is 11.5 Å². The van der Waals surface area contributed by atoms with Crippen LogP contribution in [0.1, 0.15) is 35.7 Å². The zero-order valence-electron chi connectivity index (χ0n) is 14.1. The van der Waals surface area contributed by atoms with Crippen molar-refractivity contribution in [2.45, 2.75) is 31.7 Å². The van der Waals surface area contributed by atoms with Crippen LogP contribution < -0.4 is 20.5 Å². The third-order valence-electron chi connectivity index (χ3n) is 4.48. The lowest BCUT2D eigenvalue weighted by atomic mass is 9.95. The van der Waals surface area contributed by atoms with E-state index in [9.17, 15) is 4.79 Å². The van der Waals surface area contributed by atoms with Crippen molar-refractivity contribution in [2.24, 2.45) is 11.7 Å². The first-order chi connectivity index (χ1) is 11.0. The van der Waals surface area contributed by atoms with E-state index >= 15 is 0 Å². The van der Waals surface area contributed by atoms with Crippen LogP contribution >= 0.6 is 0 Å². The van der Waals surface area contributed by atoms with E-state index in [2.05, 4.69) is 11.9 Å². The molecule has 0 aromatic heterocycles. The van der Waals surface area contributed by atoms with Gasteiger partial charge in [-0.05, 0) is 44.2 Å². The molecule has 0 spiro atoms. The van der Waals surface area contributed by atoms with Crippen molar-refractivity contribution in [3.63, 3.8) is 0 Å². The fourth-order valence-electron chi connectivity index (χ4n) is 2.85. The number of nitrogens with one attached hydrogen (secondary N) is 1. The lowest BCUT2D eigenvalue weighted by Gasteiger charge is -2.29. The molecule has 0 saturated heterocycles. The van der Waals surface area contributed by atoms with Gasteiger partial charge in [0.2, 0.25) is 0 Å². The SMILES string of the molecule is C=CCc1cc(C(=O)NC(C)(CN)C2CC2)cc(OC)c1OC. The summed E-state index contributed by atoms with van der Waals surface area (Å²) in [5.74, 6) is 1.49. The fraction of sp³-hybridized carbons (Fsp3) is 0.500. The van der Waals surface area contributed by atoms with E-state index in [-0.39, 0.29) is 11.4 Å². The number of amides is 1. The van der Waals surface area contributed by atoms with Crippen molar-refractivity contribution in [3.05, 3.63) is 35.9 Å². The minimum absolute atomic E-state index is 0.142. The van der Waals surface area contributed by atoms with Gasteiger partial charge in [-0.25, -0.2) is 0 Å². The normalized spacial score (nSPS) is 16.3. The van der Waals surface area contributed by atoms with Gasteiger partial charge < -0.3 is 20.5 Å². The van der Waals surface area contributed by atoms with Gasteiger partial charge in [0.1, 0.15) is 0 Å². The van der Waals surface area contributed by atoms with Crippen LogP contribution in [-0.2, 0) is 6.42 Å². The molecule has 1 aliphatic rings. The van der Waals surface area contributed by atoms with Crippen molar-refractivity contribution >= 4 is 5.91 Å². The fourth-order valence-corrected chi connectivity index (χ4v) is 2.85. The minimum atomic E-state index is -0.358. The second-order valence-corrected chi connectivity index (χ2v) is 6.21. The Balaban J connectivity index is 2.32. The standard InChI is InChI=1S/C18H26N2O3/c1-5-6-12-9-13(10-15(22-3)16(12)23-4)17(21)20-18(2,11-19)14-7-8-14/h5,9-10,14H,1,6-8,11,19H2,2-4H3,(H,20,21). The Hall–Kier alpha value is -2.01. The molecule has 0 aliphatic heterocycles. The lowest BCUT2D eigenvalue weighted by molar-refractivity contribution is 0.0897. The quantitative estimate of drug-likeness (QED) is 0.721. The highest BCUT2D eigenvalue weighted by atomic mass is 16.5. The first-order valence-electron chi connectivity index (χ1n) is 7.87. The molecule has 1 atom stereocenters. The molecule has 0 heterocycles. The van der Waals surface area contributed by atoms with Crippen LogP contribution in [0.4, 0.5) is 0 Å². The predicted molar refractivity (Wildman–Crippen MR) is 91.1 cm³/mol. The molecule has 1 unspecified atom stereocenters. The molecule has 126 valence electrons. The van der Waals surface area contributed by atoms with E-state index in [0.717, 1.165) is 18.4 Å². The number of allylic oxidation sites excluding steroid dienone is 1. The molecular formula is C18H26N2O3. The Kier molecular flexibility index (Phi) is 5.31. The molecule has 3 N–H and O–H groups in total. The van der Waals surface area contributed by atoms with Gasteiger partial charge in [0.05, 0.1) is 19.8 Å². The van der Waals surface area contributed by atoms with E-state index in [1.807, 2.05) is 13.0 Å². The highest BCUT2D eigenvalue weighted by Crippen LogP contribution is 2.39. The maximum Gasteiger partial charge on any atom is 0.251 e. The summed E-state index contributed by atoms with van der Waals surface area (Å²) in [6.07, 6.45) is 4.59. The molecular weight excluding hydrogens is 292 g/mol. The largest absolute Gasteiger partial charge is 0.493 e. The monoisotopic (exact) mass is 318 g/mol. The predicted octanol–water partition coefficient (Wildman–Crippen LogP) is 2.29. The van der Waals surface area contributed by atoms with Crippen LogP contribution in [0.25, 0.3) is 0 Å². The maximum atomic E-state index is 12.7. The summed E-state index contributed by atoms with van der Waals surface area (Å²) in [5, 5.41) is 3.09. The molecule has 1 aromatic rings. The average Bonchev–Trinajstić information content (AvgIpc) is 3.39. The first kappa shape index (κ1) is 17.3. The van der Waals surface area contributed by atoms with Gasteiger partial charge in [0.25, 0.3) is 5.91 Å². The summed E-state index contributed by atoms with van der Waals surface area (Å²) in [5.41, 5.74) is 6.93. The summed E-state index contributed by atoms with van der Waals surface area (Å²) in [4.78, 5) is 12.7. The first-order valence-corrected chi connectivity index (χ1v) is 7.87. The Morgan fingerprint density at radius 2 is 2.13 bits per heavy atom. The smallest absolute Gasteiger partial charge is 0.251 e. The van der Waals surface area contributed by atoms with E-state index < -0.39 is 0 Å². The summed E-state index contributed by atoms with van der Waals surface area (Å²) in [6.45, 7) is 6.19. The Bertz CT molecular complexity index is 596. The van der Waals surface area contributed by atoms with Crippen LogP contribution in [0.3, 0.4) is 0 Å². The molecule has 0 bridgehead atoms. The van der Waals surface area contributed by atoms with Gasteiger partial charge in [-0.2, -0.15) is 0 Å². The molecule has 1 aliphatic carbocycles. The Labute approximate surface area is 137 Å². The number of nitrogens with two attached hydrogens (primary N) is 1. The minimum Gasteiger partial charge on any atom is -0.493 e. The van der Waals surface area contributed by atoms with Crippen LogP contribution in [-0.4, -0.2) is 32.2 Å². The summed E-state index contributed by atoms with van der Waals surface area (Å²) in [6, 6.07) is 3.52. The van der Waals surface area contributed by atoms with Crippen LogP contribution in [0.15, 0.2) is 24.8 Å². The van der Waals surface area contributed by atoms with Crippen LogP contribution in [0, 0.1) is 5.92 Å². The topological polar surface area (TPSA) is 73.6 Å². The van der Waals surface area contributed by atoms with Crippen LogP contribution in [0.5, 0.6) is 11.5 Å². The highest BCUT2D eigenvalue weighted by Gasteiger charge is 2.41. The van der Waals surface area contributed by atoms with E-state index in [1.54, 1.807) is 26.4 Å². The number of hydrogen-bond donors (Lipinski definition) is 2.